The minimum atomic E-state index is -0.125. The van der Waals surface area contributed by atoms with E-state index >= 15 is 0 Å². The standard InChI is InChI=1S/C17H22N4O2/c1-2-9-23-13-5-3-12(4-6-13)10-21-8-7-15-14(11-21)16(22)20-17(18)19-15/h3-6H,2,7-11H2,1H3,(H3,18,19,20,22). The van der Waals surface area contributed by atoms with Gasteiger partial charge >= 0.3 is 0 Å². The second-order valence-corrected chi connectivity index (χ2v) is 5.83. The van der Waals surface area contributed by atoms with Gasteiger partial charge in [0.2, 0.25) is 5.95 Å². The molecule has 0 spiro atoms. The second-order valence-electron chi connectivity index (χ2n) is 5.83. The summed E-state index contributed by atoms with van der Waals surface area (Å²) in [5, 5.41) is 0. The summed E-state index contributed by atoms with van der Waals surface area (Å²) in [6.07, 6.45) is 1.75. The van der Waals surface area contributed by atoms with Gasteiger partial charge in [-0.25, -0.2) is 4.98 Å². The van der Waals surface area contributed by atoms with E-state index in [2.05, 4.69) is 33.9 Å². The minimum absolute atomic E-state index is 0.125. The summed E-state index contributed by atoms with van der Waals surface area (Å²) in [6, 6.07) is 8.15. The van der Waals surface area contributed by atoms with Crippen molar-refractivity contribution in [2.45, 2.75) is 32.9 Å². The molecule has 23 heavy (non-hydrogen) atoms. The van der Waals surface area contributed by atoms with E-state index < -0.39 is 0 Å². The first kappa shape index (κ1) is 15.6. The van der Waals surface area contributed by atoms with Crippen LogP contribution in [0.25, 0.3) is 0 Å². The smallest absolute Gasteiger partial charge is 0.257 e. The lowest BCUT2D eigenvalue weighted by molar-refractivity contribution is 0.241. The summed E-state index contributed by atoms with van der Waals surface area (Å²) in [5.74, 6) is 1.10. The van der Waals surface area contributed by atoms with Crippen LogP contribution in [0, 0.1) is 0 Å². The Hall–Kier alpha value is -2.34. The molecule has 122 valence electrons. The topological polar surface area (TPSA) is 84.2 Å². The van der Waals surface area contributed by atoms with E-state index in [0.717, 1.165) is 49.5 Å². The van der Waals surface area contributed by atoms with Gasteiger partial charge in [-0.05, 0) is 24.1 Å². The number of aromatic nitrogens is 2. The Morgan fingerprint density at radius 3 is 2.87 bits per heavy atom. The molecule has 0 fully saturated rings. The van der Waals surface area contributed by atoms with Gasteiger partial charge in [0.1, 0.15) is 5.75 Å². The molecular weight excluding hydrogens is 292 g/mol. The third-order valence-corrected chi connectivity index (χ3v) is 3.97. The molecule has 0 saturated carbocycles. The molecule has 1 aromatic heterocycles. The number of ether oxygens (including phenoxy) is 1. The fraction of sp³-hybridized carbons (Fsp3) is 0.412. The van der Waals surface area contributed by atoms with Crippen molar-refractivity contribution in [2.24, 2.45) is 0 Å². The van der Waals surface area contributed by atoms with Crippen molar-refractivity contribution in [3.8, 4) is 5.75 Å². The molecule has 0 aliphatic carbocycles. The molecule has 0 unspecified atom stereocenters. The van der Waals surface area contributed by atoms with Gasteiger partial charge in [-0.3, -0.25) is 14.7 Å². The first-order valence-electron chi connectivity index (χ1n) is 7.97. The molecule has 2 heterocycles. The van der Waals surface area contributed by atoms with E-state index in [0.29, 0.717) is 6.54 Å². The van der Waals surface area contributed by atoms with Crippen LogP contribution in [-0.2, 0) is 19.5 Å². The molecule has 1 aromatic carbocycles. The highest BCUT2D eigenvalue weighted by atomic mass is 16.5. The van der Waals surface area contributed by atoms with Gasteiger partial charge < -0.3 is 10.5 Å². The Kier molecular flexibility index (Phi) is 4.62. The molecule has 3 N–H and O–H groups in total. The summed E-state index contributed by atoms with van der Waals surface area (Å²) < 4.78 is 5.59. The van der Waals surface area contributed by atoms with E-state index in [-0.39, 0.29) is 11.5 Å². The molecule has 6 nitrogen and oxygen atoms in total. The van der Waals surface area contributed by atoms with E-state index in [1.165, 1.54) is 5.56 Å². The summed E-state index contributed by atoms with van der Waals surface area (Å²) in [7, 11) is 0. The zero-order valence-electron chi connectivity index (χ0n) is 13.3. The predicted octanol–water partition coefficient (Wildman–Crippen LogP) is 1.70. The lowest BCUT2D eigenvalue weighted by atomic mass is 10.1. The lowest BCUT2D eigenvalue weighted by Crippen LogP contribution is -2.35. The fourth-order valence-corrected chi connectivity index (χ4v) is 2.80. The maximum absolute atomic E-state index is 12.0. The van der Waals surface area contributed by atoms with E-state index in [1.54, 1.807) is 0 Å². The van der Waals surface area contributed by atoms with Crippen molar-refractivity contribution in [3.63, 3.8) is 0 Å². The number of rotatable bonds is 5. The predicted molar refractivity (Wildman–Crippen MR) is 89.3 cm³/mol. The average Bonchev–Trinajstić information content (AvgIpc) is 2.55. The van der Waals surface area contributed by atoms with E-state index in [9.17, 15) is 4.79 Å². The number of hydrogen-bond donors (Lipinski definition) is 2. The summed E-state index contributed by atoms with van der Waals surface area (Å²) in [5.41, 5.74) is 8.23. The van der Waals surface area contributed by atoms with Crippen LogP contribution in [-0.4, -0.2) is 28.0 Å². The molecule has 0 atom stereocenters. The quantitative estimate of drug-likeness (QED) is 0.877. The number of benzene rings is 1. The van der Waals surface area contributed by atoms with Crippen LogP contribution in [0.15, 0.2) is 29.1 Å². The monoisotopic (exact) mass is 314 g/mol. The van der Waals surface area contributed by atoms with Crippen molar-refractivity contribution < 1.29 is 4.74 Å². The van der Waals surface area contributed by atoms with Crippen LogP contribution >= 0.6 is 0 Å². The third-order valence-electron chi connectivity index (χ3n) is 3.97. The summed E-state index contributed by atoms with van der Waals surface area (Å²) >= 11 is 0. The number of nitrogen functional groups attached to an aromatic ring is 1. The molecule has 1 aliphatic rings. The zero-order chi connectivity index (χ0) is 16.2. The van der Waals surface area contributed by atoms with Gasteiger partial charge in [0.25, 0.3) is 5.56 Å². The average molecular weight is 314 g/mol. The van der Waals surface area contributed by atoms with Crippen LogP contribution in [0.1, 0.15) is 30.2 Å². The van der Waals surface area contributed by atoms with Crippen LogP contribution in [0.2, 0.25) is 0 Å². The van der Waals surface area contributed by atoms with Crippen molar-refractivity contribution in [3.05, 3.63) is 51.4 Å². The maximum Gasteiger partial charge on any atom is 0.257 e. The van der Waals surface area contributed by atoms with Crippen LogP contribution in [0.3, 0.4) is 0 Å². The van der Waals surface area contributed by atoms with Gasteiger partial charge in [-0.15, -0.1) is 0 Å². The first-order chi connectivity index (χ1) is 11.2. The molecular formula is C17H22N4O2. The fourth-order valence-electron chi connectivity index (χ4n) is 2.80. The van der Waals surface area contributed by atoms with Crippen molar-refractivity contribution in [1.82, 2.24) is 14.9 Å². The Morgan fingerprint density at radius 2 is 2.13 bits per heavy atom. The van der Waals surface area contributed by atoms with Gasteiger partial charge in [-0.1, -0.05) is 19.1 Å². The van der Waals surface area contributed by atoms with Crippen molar-refractivity contribution >= 4 is 5.95 Å². The number of anilines is 1. The SMILES string of the molecule is CCCOc1ccc(CN2CCc3nc(N)[nH]c(=O)c3C2)cc1. The maximum atomic E-state index is 12.0. The van der Waals surface area contributed by atoms with Gasteiger partial charge in [0.15, 0.2) is 0 Å². The highest BCUT2D eigenvalue weighted by Gasteiger charge is 2.20. The van der Waals surface area contributed by atoms with Crippen LogP contribution in [0.4, 0.5) is 5.95 Å². The van der Waals surface area contributed by atoms with Crippen molar-refractivity contribution in [2.75, 3.05) is 18.9 Å². The van der Waals surface area contributed by atoms with Gasteiger partial charge in [-0.2, -0.15) is 0 Å². The third kappa shape index (κ3) is 3.71. The summed E-state index contributed by atoms with van der Waals surface area (Å²) in [4.78, 5) is 21.1. The van der Waals surface area contributed by atoms with E-state index in [4.69, 9.17) is 10.5 Å². The highest BCUT2D eigenvalue weighted by Crippen LogP contribution is 2.18. The van der Waals surface area contributed by atoms with Crippen LogP contribution in [0.5, 0.6) is 5.75 Å². The number of nitrogens with zero attached hydrogens (tertiary/aromatic N) is 2. The molecule has 6 heteroatoms. The summed E-state index contributed by atoms with van der Waals surface area (Å²) in [6.45, 7) is 5.11. The molecule has 3 rings (SSSR count). The molecule has 2 aromatic rings. The normalized spacial score (nSPS) is 14.5. The van der Waals surface area contributed by atoms with E-state index in [1.807, 2.05) is 12.1 Å². The van der Waals surface area contributed by atoms with Gasteiger partial charge in [0, 0.05) is 26.1 Å². The van der Waals surface area contributed by atoms with Crippen molar-refractivity contribution in [1.29, 1.82) is 0 Å². The molecule has 0 bridgehead atoms. The minimum Gasteiger partial charge on any atom is -0.494 e. The highest BCUT2D eigenvalue weighted by molar-refractivity contribution is 5.29. The molecule has 1 aliphatic heterocycles. The number of hydrogen-bond acceptors (Lipinski definition) is 5. The Balaban J connectivity index is 1.66. The molecule has 0 amide bonds. The number of nitrogens with two attached hydrogens (primary N) is 1. The van der Waals surface area contributed by atoms with Crippen LogP contribution < -0.4 is 16.0 Å². The number of aromatic amines is 1. The lowest BCUT2D eigenvalue weighted by Gasteiger charge is -2.27. The molecule has 0 saturated heterocycles. The number of H-pyrrole nitrogens is 1. The number of nitrogens with one attached hydrogen (secondary N) is 1. The Bertz CT molecular complexity index is 724. The molecule has 0 radical (unpaired) electrons. The number of fused-ring (bicyclic) bond motifs is 1. The Labute approximate surface area is 135 Å². The second kappa shape index (κ2) is 6.83. The zero-order valence-corrected chi connectivity index (χ0v) is 13.3. The largest absolute Gasteiger partial charge is 0.494 e. The Morgan fingerprint density at radius 1 is 1.35 bits per heavy atom. The van der Waals surface area contributed by atoms with Gasteiger partial charge in [0.05, 0.1) is 17.9 Å². The first-order valence-corrected chi connectivity index (χ1v) is 7.97.